The first-order valence-corrected chi connectivity index (χ1v) is 8.95. The minimum Gasteiger partial charge on any atom is -0.367 e. The Labute approximate surface area is 159 Å². The number of nitrogens with zero attached hydrogens (tertiary/aromatic N) is 2. The molecule has 3 aromatic rings. The molecule has 0 heterocycles. The molecule has 0 spiro atoms. The molecule has 0 bridgehead atoms. The first kappa shape index (κ1) is 18.4. The van der Waals surface area contributed by atoms with Crippen LogP contribution < -0.4 is 4.90 Å². The van der Waals surface area contributed by atoms with Gasteiger partial charge in [-0.05, 0) is 42.3 Å². The summed E-state index contributed by atoms with van der Waals surface area (Å²) in [6, 6.07) is 27.2. The SMILES string of the molecule is CCN(Cc1ccccc1)c1ccc(C=NOC(=O)c2ccccc2)cc1. The van der Waals surface area contributed by atoms with E-state index in [1.165, 1.54) is 11.8 Å². The van der Waals surface area contributed by atoms with Crippen LogP contribution in [0.15, 0.2) is 90.1 Å². The Morgan fingerprint density at radius 3 is 2.19 bits per heavy atom. The smallest absolute Gasteiger partial charge is 0.365 e. The van der Waals surface area contributed by atoms with Crippen LogP contribution in [0.5, 0.6) is 0 Å². The zero-order valence-corrected chi connectivity index (χ0v) is 15.3. The lowest BCUT2D eigenvalue weighted by molar-refractivity contribution is 0.0519. The molecule has 0 radical (unpaired) electrons. The molecule has 0 atom stereocenters. The average molecular weight is 358 g/mol. The van der Waals surface area contributed by atoms with Gasteiger partial charge in [0.05, 0.1) is 11.8 Å². The first-order valence-electron chi connectivity index (χ1n) is 8.95. The highest BCUT2D eigenvalue weighted by Crippen LogP contribution is 2.17. The third-order valence-corrected chi connectivity index (χ3v) is 4.20. The van der Waals surface area contributed by atoms with E-state index in [0.717, 1.165) is 24.3 Å². The van der Waals surface area contributed by atoms with Crippen molar-refractivity contribution < 1.29 is 9.63 Å². The van der Waals surface area contributed by atoms with Crippen molar-refractivity contribution >= 4 is 17.9 Å². The zero-order valence-electron chi connectivity index (χ0n) is 15.3. The van der Waals surface area contributed by atoms with Gasteiger partial charge < -0.3 is 9.74 Å². The van der Waals surface area contributed by atoms with Crippen molar-refractivity contribution in [2.45, 2.75) is 13.5 Å². The van der Waals surface area contributed by atoms with E-state index in [0.29, 0.717) is 5.56 Å². The van der Waals surface area contributed by atoms with Crippen LogP contribution in [0, 0.1) is 0 Å². The minimum absolute atomic E-state index is 0.469. The third kappa shape index (κ3) is 5.28. The number of carbonyl (C=O) groups is 1. The number of hydrogen-bond acceptors (Lipinski definition) is 4. The third-order valence-electron chi connectivity index (χ3n) is 4.20. The van der Waals surface area contributed by atoms with Gasteiger partial charge in [-0.3, -0.25) is 0 Å². The number of benzene rings is 3. The Morgan fingerprint density at radius 2 is 1.56 bits per heavy atom. The van der Waals surface area contributed by atoms with Crippen LogP contribution in [0.1, 0.15) is 28.4 Å². The number of anilines is 1. The summed E-state index contributed by atoms with van der Waals surface area (Å²) in [4.78, 5) is 19.1. The summed E-state index contributed by atoms with van der Waals surface area (Å²) in [7, 11) is 0. The second kappa shape index (κ2) is 9.34. The quantitative estimate of drug-likeness (QED) is 0.342. The van der Waals surface area contributed by atoms with Crippen LogP contribution >= 0.6 is 0 Å². The van der Waals surface area contributed by atoms with Crippen molar-refractivity contribution in [3.05, 3.63) is 102 Å². The number of carbonyl (C=O) groups excluding carboxylic acids is 1. The minimum atomic E-state index is -0.469. The van der Waals surface area contributed by atoms with Gasteiger partial charge in [-0.2, -0.15) is 0 Å². The van der Waals surface area contributed by atoms with E-state index in [-0.39, 0.29) is 0 Å². The van der Waals surface area contributed by atoms with Gasteiger partial charge in [-0.25, -0.2) is 4.79 Å². The highest BCUT2D eigenvalue weighted by Gasteiger charge is 2.06. The average Bonchev–Trinajstić information content (AvgIpc) is 2.74. The fraction of sp³-hybridized carbons (Fsp3) is 0.130. The summed E-state index contributed by atoms with van der Waals surface area (Å²) in [5.74, 6) is -0.469. The second-order valence-electron chi connectivity index (χ2n) is 6.07. The molecule has 0 N–H and O–H groups in total. The zero-order chi connectivity index (χ0) is 18.9. The van der Waals surface area contributed by atoms with E-state index < -0.39 is 5.97 Å². The van der Waals surface area contributed by atoms with Crippen molar-refractivity contribution in [3.8, 4) is 0 Å². The predicted molar refractivity (Wildman–Crippen MR) is 109 cm³/mol. The Hall–Kier alpha value is -3.40. The topological polar surface area (TPSA) is 41.9 Å². The van der Waals surface area contributed by atoms with E-state index in [1.807, 2.05) is 36.4 Å². The molecule has 0 aliphatic carbocycles. The molecule has 4 nitrogen and oxygen atoms in total. The molecule has 3 rings (SSSR count). The van der Waals surface area contributed by atoms with E-state index >= 15 is 0 Å². The maximum atomic E-state index is 11.8. The van der Waals surface area contributed by atoms with Crippen molar-refractivity contribution in [3.63, 3.8) is 0 Å². The Morgan fingerprint density at radius 1 is 0.926 bits per heavy atom. The summed E-state index contributed by atoms with van der Waals surface area (Å²) in [5.41, 5.74) is 3.76. The Kier molecular flexibility index (Phi) is 6.36. The molecule has 0 amide bonds. The molecule has 0 aliphatic rings. The van der Waals surface area contributed by atoms with Gasteiger partial charge in [0.15, 0.2) is 0 Å². The lowest BCUT2D eigenvalue weighted by Crippen LogP contribution is -2.21. The molecule has 27 heavy (non-hydrogen) atoms. The van der Waals surface area contributed by atoms with E-state index in [1.54, 1.807) is 24.3 Å². The van der Waals surface area contributed by atoms with Gasteiger partial charge in [0, 0.05) is 18.8 Å². The van der Waals surface area contributed by atoms with Gasteiger partial charge in [0.2, 0.25) is 0 Å². The van der Waals surface area contributed by atoms with Crippen LogP contribution in [0.25, 0.3) is 0 Å². The normalized spacial score (nSPS) is 10.7. The summed E-state index contributed by atoms with van der Waals surface area (Å²) < 4.78 is 0. The Balaban J connectivity index is 1.60. The molecular weight excluding hydrogens is 336 g/mol. The maximum Gasteiger partial charge on any atom is 0.365 e. The van der Waals surface area contributed by atoms with E-state index in [4.69, 9.17) is 4.84 Å². The van der Waals surface area contributed by atoms with Gasteiger partial charge >= 0.3 is 5.97 Å². The van der Waals surface area contributed by atoms with Crippen LogP contribution in [0.4, 0.5) is 5.69 Å². The second-order valence-corrected chi connectivity index (χ2v) is 6.07. The lowest BCUT2D eigenvalue weighted by atomic mass is 10.1. The molecular formula is C23H22N2O2. The molecule has 3 aromatic carbocycles. The fourth-order valence-corrected chi connectivity index (χ4v) is 2.72. The summed E-state index contributed by atoms with van der Waals surface area (Å²) in [5, 5.41) is 3.79. The standard InChI is InChI=1S/C23H22N2O2/c1-2-25(18-20-9-5-3-6-10-20)22-15-13-19(14-16-22)17-24-27-23(26)21-11-7-4-8-12-21/h3-17H,2,18H2,1H3. The summed E-state index contributed by atoms with van der Waals surface area (Å²) >= 11 is 0. The highest BCUT2D eigenvalue weighted by molar-refractivity contribution is 5.90. The van der Waals surface area contributed by atoms with Crippen LogP contribution in [0.2, 0.25) is 0 Å². The molecule has 4 heteroatoms. The van der Waals surface area contributed by atoms with Gasteiger partial charge in [0.1, 0.15) is 0 Å². The highest BCUT2D eigenvalue weighted by atomic mass is 16.7. The largest absolute Gasteiger partial charge is 0.367 e. The summed E-state index contributed by atoms with van der Waals surface area (Å²) in [6.07, 6.45) is 1.54. The van der Waals surface area contributed by atoms with Crippen LogP contribution in [0.3, 0.4) is 0 Å². The molecule has 0 aliphatic heterocycles. The number of oxime groups is 1. The summed E-state index contributed by atoms with van der Waals surface area (Å²) in [6.45, 7) is 3.91. The van der Waals surface area contributed by atoms with Crippen LogP contribution in [-0.4, -0.2) is 18.7 Å². The van der Waals surface area contributed by atoms with Gasteiger partial charge in [-0.1, -0.05) is 65.8 Å². The Bertz CT molecular complexity index is 875. The van der Waals surface area contributed by atoms with Crippen molar-refractivity contribution in [1.29, 1.82) is 0 Å². The van der Waals surface area contributed by atoms with Crippen molar-refractivity contribution in [1.82, 2.24) is 0 Å². The number of rotatable bonds is 7. The van der Waals surface area contributed by atoms with Gasteiger partial charge in [-0.15, -0.1) is 0 Å². The number of hydrogen-bond donors (Lipinski definition) is 0. The van der Waals surface area contributed by atoms with E-state index in [2.05, 4.69) is 41.2 Å². The molecule has 0 saturated heterocycles. The van der Waals surface area contributed by atoms with Gasteiger partial charge in [0.25, 0.3) is 0 Å². The lowest BCUT2D eigenvalue weighted by Gasteiger charge is -2.23. The van der Waals surface area contributed by atoms with E-state index in [9.17, 15) is 4.79 Å². The van der Waals surface area contributed by atoms with Crippen LogP contribution in [-0.2, 0) is 11.4 Å². The molecule has 0 unspecified atom stereocenters. The maximum absolute atomic E-state index is 11.8. The molecule has 0 fully saturated rings. The molecule has 136 valence electrons. The predicted octanol–water partition coefficient (Wildman–Crippen LogP) is 4.90. The van der Waals surface area contributed by atoms with Crippen molar-refractivity contribution in [2.75, 3.05) is 11.4 Å². The fourth-order valence-electron chi connectivity index (χ4n) is 2.72. The molecule has 0 saturated carbocycles. The monoisotopic (exact) mass is 358 g/mol. The first-order chi connectivity index (χ1) is 13.3. The van der Waals surface area contributed by atoms with Crippen molar-refractivity contribution in [2.24, 2.45) is 5.16 Å². The molecule has 0 aromatic heterocycles.